The number of rotatable bonds is 3. The second-order valence-corrected chi connectivity index (χ2v) is 5.11. The molecule has 0 aromatic heterocycles. The molecule has 1 aliphatic rings. The van der Waals surface area contributed by atoms with Gasteiger partial charge >= 0.3 is 0 Å². The van der Waals surface area contributed by atoms with E-state index in [-0.39, 0.29) is 16.5 Å². The molecule has 0 atom stereocenters. The molecule has 3 N–H and O–H groups in total. The smallest absolute Gasteiger partial charge is 0.222 e. The van der Waals surface area contributed by atoms with E-state index in [0.29, 0.717) is 19.5 Å². The van der Waals surface area contributed by atoms with Gasteiger partial charge in [0.1, 0.15) is 0 Å². The average molecular weight is 245 g/mol. The molecule has 16 heavy (non-hydrogen) atoms. The van der Waals surface area contributed by atoms with Crippen LogP contribution in [-0.4, -0.2) is 45.9 Å². The first-order valence-corrected chi connectivity index (χ1v) is 6.63. The van der Waals surface area contributed by atoms with Gasteiger partial charge in [-0.15, -0.1) is 0 Å². The van der Waals surface area contributed by atoms with E-state index >= 15 is 0 Å². The van der Waals surface area contributed by atoms with Crippen LogP contribution in [0.25, 0.3) is 0 Å². The Bertz CT molecular complexity index is 286. The molecule has 0 saturated carbocycles. The minimum Gasteiger partial charge on any atom is -0.409 e. The maximum atomic E-state index is 11.5. The summed E-state index contributed by atoms with van der Waals surface area (Å²) in [4.78, 5) is 13.4. The largest absolute Gasteiger partial charge is 0.409 e. The summed E-state index contributed by atoms with van der Waals surface area (Å²) in [5.74, 6) is 0.442. The number of oxime groups is 1. The number of carbonyl (C=O) groups is 1. The molecule has 1 fully saturated rings. The number of nitrogens with two attached hydrogens (primary N) is 1. The Kier molecular flexibility index (Phi) is 4.46. The van der Waals surface area contributed by atoms with Crippen molar-refractivity contribution in [2.45, 2.75) is 30.9 Å². The zero-order valence-corrected chi connectivity index (χ0v) is 10.6. The highest BCUT2D eigenvalue weighted by molar-refractivity contribution is 8.00. The van der Waals surface area contributed by atoms with Gasteiger partial charge < -0.3 is 15.8 Å². The fourth-order valence-corrected chi connectivity index (χ4v) is 2.84. The van der Waals surface area contributed by atoms with Gasteiger partial charge in [0.25, 0.3) is 0 Å². The molecule has 0 radical (unpaired) electrons. The molecular weight excluding hydrogens is 226 g/mol. The fraction of sp³-hybridized carbons (Fsp3) is 0.800. The van der Waals surface area contributed by atoms with Crippen molar-refractivity contribution in [2.75, 3.05) is 19.3 Å². The molecule has 92 valence electrons. The Morgan fingerprint density at radius 2 is 2.12 bits per heavy atom. The molecule has 0 aromatic carbocycles. The summed E-state index contributed by atoms with van der Waals surface area (Å²) >= 11 is 1.59. The number of nitrogens with zero attached hydrogens (tertiary/aromatic N) is 2. The molecule has 1 amide bonds. The Balaban J connectivity index is 2.68. The quantitative estimate of drug-likeness (QED) is 0.335. The van der Waals surface area contributed by atoms with Gasteiger partial charge in [0.2, 0.25) is 5.91 Å². The maximum absolute atomic E-state index is 11.5. The van der Waals surface area contributed by atoms with E-state index < -0.39 is 0 Å². The van der Waals surface area contributed by atoms with Crippen molar-refractivity contribution in [1.29, 1.82) is 0 Å². The van der Waals surface area contributed by atoms with Crippen LogP contribution in [-0.2, 0) is 4.79 Å². The molecule has 5 nitrogen and oxygen atoms in total. The predicted molar refractivity (Wildman–Crippen MR) is 65.8 cm³/mol. The summed E-state index contributed by atoms with van der Waals surface area (Å²) in [6.07, 6.45) is 3.98. The second kappa shape index (κ2) is 5.43. The molecule has 6 heteroatoms. The number of hydrogen-bond donors (Lipinski definition) is 2. The van der Waals surface area contributed by atoms with Crippen molar-refractivity contribution < 1.29 is 10.0 Å². The van der Waals surface area contributed by atoms with Crippen molar-refractivity contribution in [3.05, 3.63) is 0 Å². The van der Waals surface area contributed by atoms with Crippen molar-refractivity contribution in [3.63, 3.8) is 0 Å². The van der Waals surface area contributed by atoms with Crippen molar-refractivity contribution in [2.24, 2.45) is 10.9 Å². The maximum Gasteiger partial charge on any atom is 0.222 e. The lowest BCUT2D eigenvalue weighted by atomic mass is 9.94. The molecule has 0 aliphatic carbocycles. The van der Waals surface area contributed by atoms with Crippen LogP contribution in [0, 0.1) is 0 Å². The Morgan fingerprint density at radius 3 is 2.50 bits per heavy atom. The van der Waals surface area contributed by atoms with E-state index in [1.165, 1.54) is 0 Å². The zero-order chi connectivity index (χ0) is 12.2. The van der Waals surface area contributed by atoms with Gasteiger partial charge in [-0.05, 0) is 19.1 Å². The first-order valence-electron chi connectivity index (χ1n) is 5.40. The lowest BCUT2D eigenvalue weighted by molar-refractivity contribution is -0.131. The Morgan fingerprint density at radius 1 is 1.56 bits per heavy atom. The average Bonchev–Trinajstić information content (AvgIpc) is 2.36. The lowest BCUT2D eigenvalue weighted by Crippen LogP contribution is -2.51. The molecule has 0 unspecified atom stereocenters. The van der Waals surface area contributed by atoms with Gasteiger partial charge in [0, 0.05) is 19.5 Å². The number of amides is 1. The summed E-state index contributed by atoms with van der Waals surface area (Å²) in [5, 5.41) is 11.9. The molecule has 0 spiro atoms. The third-order valence-corrected chi connectivity index (χ3v) is 4.59. The second-order valence-electron chi connectivity index (χ2n) is 3.92. The number of hydrogen-bond acceptors (Lipinski definition) is 4. The standard InChI is InChI=1S/C10H19N3O2S/c1-3-8(14)13-6-4-10(16-2,5-7-13)9(11)12-15/h15H,3-7H2,1-2H3,(H2,11,12). The monoisotopic (exact) mass is 245 g/mol. The van der Waals surface area contributed by atoms with E-state index in [9.17, 15) is 4.79 Å². The molecule has 1 aliphatic heterocycles. The van der Waals surface area contributed by atoms with Crippen molar-refractivity contribution >= 4 is 23.5 Å². The first-order chi connectivity index (χ1) is 7.59. The van der Waals surface area contributed by atoms with Crippen LogP contribution in [0.3, 0.4) is 0 Å². The third kappa shape index (κ3) is 2.42. The minimum atomic E-state index is -0.306. The zero-order valence-electron chi connectivity index (χ0n) is 9.77. The highest BCUT2D eigenvalue weighted by Gasteiger charge is 2.38. The lowest BCUT2D eigenvalue weighted by Gasteiger charge is -2.39. The van der Waals surface area contributed by atoms with E-state index in [1.807, 2.05) is 18.1 Å². The van der Waals surface area contributed by atoms with E-state index in [4.69, 9.17) is 10.9 Å². The number of thioether (sulfide) groups is 1. The van der Waals surface area contributed by atoms with Gasteiger partial charge in [-0.3, -0.25) is 4.79 Å². The van der Waals surface area contributed by atoms with Crippen LogP contribution in [0.1, 0.15) is 26.2 Å². The van der Waals surface area contributed by atoms with Crippen LogP contribution >= 0.6 is 11.8 Å². The Hall–Kier alpha value is -0.910. The van der Waals surface area contributed by atoms with Gasteiger partial charge in [-0.25, -0.2) is 0 Å². The molecule has 0 aromatic rings. The van der Waals surface area contributed by atoms with Gasteiger partial charge in [-0.2, -0.15) is 11.8 Å². The topological polar surface area (TPSA) is 78.9 Å². The van der Waals surface area contributed by atoms with Crippen molar-refractivity contribution in [1.82, 2.24) is 4.90 Å². The summed E-state index contributed by atoms with van der Waals surface area (Å²) in [6.45, 7) is 3.23. The van der Waals surface area contributed by atoms with Gasteiger partial charge in [0.05, 0.1) is 4.75 Å². The van der Waals surface area contributed by atoms with Crippen LogP contribution in [0.5, 0.6) is 0 Å². The summed E-state index contributed by atoms with van der Waals surface area (Å²) in [6, 6.07) is 0. The number of likely N-dealkylation sites (tertiary alicyclic amines) is 1. The van der Waals surface area contributed by atoms with Gasteiger partial charge in [-0.1, -0.05) is 12.1 Å². The number of piperidine rings is 1. The number of amidine groups is 1. The normalized spacial score (nSPS) is 20.9. The molecule has 1 saturated heterocycles. The molecule has 1 rings (SSSR count). The highest BCUT2D eigenvalue weighted by Crippen LogP contribution is 2.34. The van der Waals surface area contributed by atoms with Crippen LogP contribution in [0.4, 0.5) is 0 Å². The predicted octanol–water partition coefficient (Wildman–Crippen LogP) is 0.867. The molecule has 1 heterocycles. The van der Waals surface area contributed by atoms with E-state index in [0.717, 1.165) is 12.8 Å². The molecular formula is C10H19N3O2S. The molecule has 0 bridgehead atoms. The third-order valence-electron chi connectivity index (χ3n) is 3.19. The number of carbonyl (C=O) groups excluding carboxylic acids is 1. The van der Waals surface area contributed by atoms with Gasteiger partial charge in [0.15, 0.2) is 5.84 Å². The van der Waals surface area contributed by atoms with Crippen LogP contribution in [0.2, 0.25) is 0 Å². The van der Waals surface area contributed by atoms with Crippen LogP contribution < -0.4 is 5.73 Å². The summed E-state index contributed by atoms with van der Waals surface area (Å²) < 4.78 is -0.306. The first kappa shape index (κ1) is 13.2. The van der Waals surface area contributed by atoms with E-state index in [2.05, 4.69) is 5.16 Å². The highest BCUT2D eigenvalue weighted by atomic mass is 32.2. The van der Waals surface area contributed by atoms with E-state index in [1.54, 1.807) is 11.8 Å². The minimum absolute atomic E-state index is 0.175. The summed E-state index contributed by atoms with van der Waals surface area (Å²) in [5.41, 5.74) is 5.72. The van der Waals surface area contributed by atoms with Crippen LogP contribution in [0.15, 0.2) is 5.16 Å². The Labute approximate surface area is 100 Å². The fourth-order valence-electron chi connectivity index (χ4n) is 2.00. The SMILES string of the molecule is CCC(=O)N1CCC(SC)(C(N)=NO)CC1. The summed E-state index contributed by atoms with van der Waals surface area (Å²) in [7, 11) is 0. The van der Waals surface area contributed by atoms with Crippen molar-refractivity contribution in [3.8, 4) is 0 Å².